The van der Waals surface area contributed by atoms with Crippen molar-refractivity contribution in [1.82, 2.24) is 25.5 Å². The second kappa shape index (κ2) is 11.8. The van der Waals surface area contributed by atoms with Crippen molar-refractivity contribution >= 4 is 17.6 Å². The van der Waals surface area contributed by atoms with Crippen LogP contribution in [0, 0.1) is 11.7 Å². The number of halogens is 2. The van der Waals surface area contributed by atoms with Gasteiger partial charge in [-0.25, -0.2) is 19.2 Å². The summed E-state index contributed by atoms with van der Waals surface area (Å²) in [7, 11) is 0. The summed E-state index contributed by atoms with van der Waals surface area (Å²) >= 11 is 5.88. The molecule has 3 aliphatic rings. The summed E-state index contributed by atoms with van der Waals surface area (Å²) in [6.07, 6.45) is 9.40. The molecule has 0 saturated carbocycles. The SMILES string of the molecule is O=C(N[C@@H](Cc1ccc(Cl)c(F)c1)C1CCCCN1)N1CCc2cnc(CC3CCOCC3)nc2C1. The van der Waals surface area contributed by atoms with Gasteiger partial charge in [0.25, 0.3) is 0 Å². The number of fused-ring (bicyclic) bond motifs is 1. The van der Waals surface area contributed by atoms with Crippen molar-refractivity contribution < 1.29 is 13.9 Å². The maximum Gasteiger partial charge on any atom is 0.318 e. The molecule has 0 bridgehead atoms. The van der Waals surface area contributed by atoms with E-state index in [1.54, 1.807) is 6.07 Å². The van der Waals surface area contributed by atoms with Crippen LogP contribution in [0.4, 0.5) is 9.18 Å². The molecule has 9 heteroatoms. The van der Waals surface area contributed by atoms with Crippen LogP contribution in [-0.2, 0) is 30.5 Å². The van der Waals surface area contributed by atoms with Gasteiger partial charge in [0, 0.05) is 44.5 Å². The lowest BCUT2D eigenvalue weighted by Crippen LogP contribution is -2.56. The topological polar surface area (TPSA) is 79.4 Å². The summed E-state index contributed by atoms with van der Waals surface area (Å²) in [5.41, 5.74) is 2.89. The zero-order valence-electron chi connectivity index (χ0n) is 20.6. The lowest BCUT2D eigenvalue weighted by Gasteiger charge is -2.35. The number of ether oxygens (including phenoxy) is 1. The third-order valence-corrected chi connectivity index (χ3v) is 7.98. The molecule has 2 aromatic rings. The van der Waals surface area contributed by atoms with Crippen LogP contribution in [0.3, 0.4) is 0 Å². The van der Waals surface area contributed by atoms with E-state index in [-0.39, 0.29) is 23.1 Å². The van der Waals surface area contributed by atoms with Crippen molar-refractivity contribution in [2.75, 3.05) is 26.3 Å². The van der Waals surface area contributed by atoms with E-state index < -0.39 is 5.82 Å². The first kappa shape index (κ1) is 25.4. The fourth-order valence-corrected chi connectivity index (χ4v) is 5.63. The van der Waals surface area contributed by atoms with E-state index >= 15 is 0 Å². The van der Waals surface area contributed by atoms with E-state index in [4.69, 9.17) is 21.3 Å². The maximum absolute atomic E-state index is 14.1. The smallest absolute Gasteiger partial charge is 0.318 e. The summed E-state index contributed by atoms with van der Waals surface area (Å²) in [6.45, 7) is 3.65. The zero-order valence-corrected chi connectivity index (χ0v) is 21.4. The second-order valence-corrected chi connectivity index (χ2v) is 10.7. The van der Waals surface area contributed by atoms with Crippen LogP contribution in [0.5, 0.6) is 0 Å². The van der Waals surface area contributed by atoms with Crippen LogP contribution in [0.2, 0.25) is 5.02 Å². The van der Waals surface area contributed by atoms with Gasteiger partial charge in [-0.15, -0.1) is 0 Å². The fraction of sp³-hybridized carbons (Fsp3) is 0.593. The number of aromatic nitrogens is 2. The molecule has 194 valence electrons. The van der Waals surface area contributed by atoms with Crippen LogP contribution in [0.1, 0.15) is 54.7 Å². The van der Waals surface area contributed by atoms with Gasteiger partial charge >= 0.3 is 6.03 Å². The van der Waals surface area contributed by atoms with Crippen LogP contribution in [-0.4, -0.2) is 59.3 Å². The summed E-state index contributed by atoms with van der Waals surface area (Å²) in [6, 6.07) is 4.79. The van der Waals surface area contributed by atoms with Gasteiger partial charge in [0.1, 0.15) is 11.6 Å². The van der Waals surface area contributed by atoms with Crippen molar-refractivity contribution in [3.63, 3.8) is 0 Å². The van der Waals surface area contributed by atoms with Crippen LogP contribution in [0.25, 0.3) is 0 Å². The standard InChI is InChI=1S/C27H35ClFN5O2/c28-21-5-4-19(13-22(21)29)14-24(23-3-1-2-9-30-23)33-27(35)34-10-6-20-16-31-26(32-25(20)17-34)15-18-7-11-36-12-8-18/h4-5,13,16,18,23-24,30H,1-3,6-12,14-15,17H2,(H,33,35)/t23?,24-/m0/s1. The molecule has 2 N–H and O–H groups in total. The first-order valence-electron chi connectivity index (χ1n) is 13.2. The third kappa shape index (κ3) is 6.33. The molecule has 1 aromatic heterocycles. The quantitative estimate of drug-likeness (QED) is 0.606. The molecule has 7 nitrogen and oxygen atoms in total. The highest BCUT2D eigenvalue weighted by Gasteiger charge is 2.29. The van der Waals surface area contributed by atoms with Crippen LogP contribution >= 0.6 is 11.6 Å². The molecule has 1 aromatic carbocycles. The van der Waals surface area contributed by atoms with Crippen LogP contribution in [0.15, 0.2) is 24.4 Å². The Morgan fingerprint density at radius 2 is 2.14 bits per heavy atom. The van der Waals surface area contributed by atoms with E-state index in [1.165, 1.54) is 6.07 Å². The summed E-state index contributed by atoms with van der Waals surface area (Å²) < 4.78 is 19.6. The monoisotopic (exact) mass is 515 g/mol. The Bertz CT molecular complexity index is 1060. The van der Waals surface area contributed by atoms with Gasteiger partial charge in [-0.05, 0) is 74.2 Å². The van der Waals surface area contributed by atoms with Gasteiger partial charge < -0.3 is 20.3 Å². The molecule has 2 saturated heterocycles. The number of piperidine rings is 1. The maximum atomic E-state index is 14.1. The Labute approximate surface area is 217 Å². The van der Waals surface area contributed by atoms with Gasteiger partial charge in [0.15, 0.2) is 0 Å². The molecule has 4 heterocycles. The minimum atomic E-state index is -0.431. The molecule has 5 rings (SSSR count). The van der Waals surface area contributed by atoms with Crippen LogP contribution < -0.4 is 10.6 Å². The molecule has 2 fully saturated rings. The number of nitrogens with zero attached hydrogens (tertiary/aromatic N) is 3. The van der Waals surface area contributed by atoms with Gasteiger partial charge in [-0.1, -0.05) is 24.1 Å². The largest absolute Gasteiger partial charge is 0.381 e. The minimum absolute atomic E-state index is 0.1000. The highest BCUT2D eigenvalue weighted by Crippen LogP contribution is 2.23. The molecule has 0 spiro atoms. The molecular formula is C27H35ClFN5O2. The number of hydrogen-bond donors (Lipinski definition) is 2. The van der Waals surface area contributed by atoms with Crippen molar-refractivity contribution in [3.8, 4) is 0 Å². The number of carbonyl (C=O) groups is 1. The Morgan fingerprint density at radius 3 is 2.92 bits per heavy atom. The predicted molar refractivity (Wildman–Crippen MR) is 136 cm³/mol. The summed E-state index contributed by atoms with van der Waals surface area (Å²) in [5, 5.41) is 6.93. The molecule has 0 radical (unpaired) electrons. The normalized spacial score (nSPS) is 21.6. The lowest BCUT2D eigenvalue weighted by molar-refractivity contribution is 0.0659. The first-order valence-corrected chi connectivity index (χ1v) is 13.6. The van der Waals surface area contributed by atoms with Gasteiger partial charge in [-0.3, -0.25) is 0 Å². The van der Waals surface area contributed by atoms with Crippen molar-refractivity contribution in [2.45, 2.75) is 70.0 Å². The van der Waals surface area contributed by atoms with Gasteiger partial charge in [0.05, 0.1) is 17.3 Å². The average Bonchev–Trinajstić information content (AvgIpc) is 2.91. The van der Waals surface area contributed by atoms with E-state index in [0.29, 0.717) is 25.4 Å². The highest BCUT2D eigenvalue weighted by atomic mass is 35.5. The lowest BCUT2D eigenvalue weighted by atomic mass is 9.93. The minimum Gasteiger partial charge on any atom is -0.381 e. The molecular weight excluding hydrogens is 481 g/mol. The van der Waals surface area contributed by atoms with E-state index in [1.807, 2.05) is 17.2 Å². The first-order chi connectivity index (χ1) is 17.5. The number of nitrogens with one attached hydrogen (secondary N) is 2. The van der Waals surface area contributed by atoms with Gasteiger partial charge in [0.2, 0.25) is 0 Å². The number of carbonyl (C=O) groups excluding carboxylic acids is 1. The molecule has 3 aliphatic heterocycles. The molecule has 1 unspecified atom stereocenters. The number of urea groups is 1. The Kier molecular flexibility index (Phi) is 8.34. The van der Waals surface area contributed by atoms with E-state index in [9.17, 15) is 9.18 Å². The molecule has 0 aliphatic carbocycles. The van der Waals surface area contributed by atoms with Gasteiger partial charge in [-0.2, -0.15) is 0 Å². The van der Waals surface area contributed by atoms with E-state index in [2.05, 4.69) is 15.6 Å². The van der Waals surface area contributed by atoms with Crippen molar-refractivity contribution in [3.05, 3.63) is 57.9 Å². The summed E-state index contributed by atoms with van der Waals surface area (Å²) in [5.74, 6) is 0.984. The average molecular weight is 516 g/mol. The number of amides is 2. The highest BCUT2D eigenvalue weighted by molar-refractivity contribution is 6.30. The number of benzene rings is 1. The molecule has 2 amide bonds. The molecule has 36 heavy (non-hydrogen) atoms. The predicted octanol–water partition coefficient (Wildman–Crippen LogP) is 4.06. The number of hydrogen-bond acceptors (Lipinski definition) is 5. The Morgan fingerprint density at radius 1 is 1.28 bits per heavy atom. The Balaban J connectivity index is 1.25. The number of rotatable bonds is 6. The Hall–Kier alpha value is -2.29. The molecule has 2 atom stereocenters. The second-order valence-electron chi connectivity index (χ2n) is 10.3. The van der Waals surface area contributed by atoms with E-state index in [0.717, 1.165) is 87.3 Å². The summed E-state index contributed by atoms with van der Waals surface area (Å²) in [4.78, 5) is 24.7. The van der Waals surface area contributed by atoms with Crippen molar-refractivity contribution in [2.24, 2.45) is 5.92 Å². The zero-order chi connectivity index (χ0) is 24.9. The fourth-order valence-electron chi connectivity index (χ4n) is 5.51. The van der Waals surface area contributed by atoms with Crippen molar-refractivity contribution in [1.29, 1.82) is 0 Å². The third-order valence-electron chi connectivity index (χ3n) is 7.68.